The summed E-state index contributed by atoms with van der Waals surface area (Å²) >= 11 is 0. The molecule has 2 aliphatic rings. The van der Waals surface area contributed by atoms with E-state index in [9.17, 15) is 4.79 Å². The van der Waals surface area contributed by atoms with E-state index in [1.54, 1.807) is 6.20 Å². The lowest BCUT2D eigenvalue weighted by molar-refractivity contribution is 0.0936. The standard InChI is InChI=1S/C15H24N4O/c16-11-6-7-12(8-11)18-15(20)13-9-17-19-14(13)10-4-2-1-3-5-10/h9-12H,1-8,16H2,(H,17,19)(H,18,20)/t11-,12+/m1/s1. The molecule has 2 atom stereocenters. The van der Waals surface area contributed by atoms with Crippen molar-refractivity contribution in [1.29, 1.82) is 0 Å². The fourth-order valence-corrected chi connectivity index (χ4v) is 3.59. The van der Waals surface area contributed by atoms with E-state index in [0.29, 0.717) is 5.92 Å². The third-order valence-corrected chi connectivity index (χ3v) is 4.74. The van der Waals surface area contributed by atoms with E-state index >= 15 is 0 Å². The molecule has 3 rings (SSSR count). The highest BCUT2D eigenvalue weighted by Crippen LogP contribution is 2.33. The summed E-state index contributed by atoms with van der Waals surface area (Å²) in [7, 11) is 0. The van der Waals surface area contributed by atoms with Crippen molar-refractivity contribution >= 4 is 5.91 Å². The zero-order valence-electron chi connectivity index (χ0n) is 11.9. The quantitative estimate of drug-likeness (QED) is 0.790. The van der Waals surface area contributed by atoms with Crippen molar-refractivity contribution in [2.24, 2.45) is 5.73 Å². The predicted molar refractivity (Wildman–Crippen MR) is 77.5 cm³/mol. The fraction of sp³-hybridized carbons (Fsp3) is 0.733. The second kappa shape index (κ2) is 5.95. The number of nitrogens with zero attached hydrogens (tertiary/aromatic N) is 1. The van der Waals surface area contributed by atoms with Gasteiger partial charge in [0.25, 0.3) is 5.91 Å². The molecule has 1 amide bonds. The van der Waals surface area contributed by atoms with Gasteiger partial charge in [0.15, 0.2) is 0 Å². The van der Waals surface area contributed by atoms with Gasteiger partial charge in [-0.05, 0) is 32.1 Å². The molecule has 1 aromatic rings. The normalized spacial score (nSPS) is 27.6. The Bertz CT molecular complexity index is 464. The first-order valence-corrected chi connectivity index (χ1v) is 7.83. The number of hydrogen-bond acceptors (Lipinski definition) is 3. The van der Waals surface area contributed by atoms with Crippen LogP contribution in [0.4, 0.5) is 0 Å². The predicted octanol–water partition coefficient (Wildman–Crippen LogP) is 2.07. The van der Waals surface area contributed by atoms with Gasteiger partial charge in [-0.1, -0.05) is 19.3 Å². The van der Waals surface area contributed by atoms with E-state index in [1.807, 2.05) is 0 Å². The monoisotopic (exact) mass is 276 g/mol. The Morgan fingerprint density at radius 1 is 1.25 bits per heavy atom. The van der Waals surface area contributed by atoms with E-state index in [2.05, 4.69) is 15.5 Å². The summed E-state index contributed by atoms with van der Waals surface area (Å²) in [6.07, 6.45) is 10.7. The third kappa shape index (κ3) is 2.87. The number of carbonyl (C=O) groups excluding carboxylic acids is 1. The lowest BCUT2D eigenvalue weighted by atomic mass is 9.85. The summed E-state index contributed by atoms with van der Waals surface area (Å²) in [5.41, 5.74) is 7.66. The highest BCUT2D eigenvalue weighted by atomic mass is 16.1. The molecule has 5 nitrogen and oxygen atoms in total. The highest BCUT2D eigenvalue weighted by molar-refractivity contribution is 5.95. The first-order chi connectivity index (χ1) is 9.74. The van der Waals surface area contributed by atoms with Crippen LogP contribution in [0.15, 0.2) is 6.20 Å². The Kier molecular flexibility index (Phi) is 4.05. The Morgan fingerprint density at radius 2 is 2.05 bits per heavy atom. The van der Waals surface area contributed by atoms with Crippen molar-refractivity contribution in [2.75, 3.05) is 0 Å². The average Bonchev–Trinajstić information content (AvgIpc) is 3.09. The number of aromatic amines is 1. The molecule has 5 heteroatoms. The van der Waals surface area contributed by atoms with Crippen molar-refractivity contribution in [2.45, 2.75) is 69.4 Å². The van der Waals surface area contributed by atoms with Gasteiger partial charge in [0.05, 0.1) is 17.5 Å². The minimum absolute atomic E-state index is 0.0124. The lowest BCUT2D eigenvalue weighted by Crippen LogP contribution is -2.34. The molecule has 2 aliphatic carbocycles. The minimum Gasteiger partial charge on any atom is -0.349 e. The van der Waals surface area contributed by atoms with Crippen LogP contribution in [0.1, 0.15) is 73.3 Å². The number of nitrogens with two attached hydrogens (primary N) is 1. The lowest BCUT2D eigenvalue weighted by Gasteiger charge is -2.21. The van der Waals surface area contributed by atoms with Gasteiger partial charge < -0.3 is 11.1 Å². The second-order valence-corrected chi connectivity index (χ2v) is 6.28. The molecule has 0 bridgehead atoms. The molecule has 20 heavy (non-hydrogen) atoms. The molecular formula is C15H24N4O. The van der Waals surface area contributed by atoms with Gasteiger partial charge in [-0.15, -0.1) is 0 Å². The summed E-state index contributed by atoms with van der Waals surface area (Å²) in [6.45, 7) is 0. The van der Waals surface area contributed by atoms with Crippen molar-refractivity contribution < 1.29 is 4.79 Å². The molecule has 0 aromatic carbocycles. The number of carbonyl (C=O) groups is 1. The summed E-state index contributed by atoms with van der Waals surface area (Å²) in [4.78, 5) is 12.4. The smallest absolute Gasteiger partial charge is 0.254 e. The van der Waals surface area contributed by atoms with Crippen molar-refractivity contribution in [1.82, 2.24) is 15.5 Å². The summed E-state index contributed by atoms with van der Waals surface area (Å²) < 4.78 is 0. The maximum absolute atomic E-state index is 12.4. The number of nitrogens with one attached hydrogen (secondary N) is 2. The van der Waals surface area contributed by atoms with Gasteiger partial charge in [-0.3, -0.25) is 9.89 Å². The van der Waals surface area contributed by atoms with Crippen LogP contribution in [0.3, 0.4) is 0 Å². The molecule has 1 aromatic heterocycles. The maximum atomic E-state index is 12.4. The van der Waals surface area contributed by atoms with Crippen LogP contribution < -0.4 is 11.1 Å². The van der Waals surface area contributed by atoms with Gasteiger partial charge in [0.1, 0.15) is 0 Å². The van der Waals surface area contributed by atoms with Gasteiger partial charge in [-0.25, -0.2) is 0 Å². The highest BCUT2D eigenvalue weighted by Gasteiger charge is 2.27. The Balaban J connectivity index is 1.67. The van der Waals surface area contributed by atoms with E-state index in [0.717, 1.165) is 43.4 Å². The van der Waals surface area contributed by atoms with Crippen LogP contribution in [0.2, 0.25) is 0 Å². The van der Waals surface area contributed by atoms with Gasteiger partial charge >= 0.3 is 0 Å². The van der Waals surface area contributed by atoms with Crippen molar-refractivity contribution in [3.8, 4) is 0 Å². The number of rotatable bonds is 3. The number of aromatic nitrogens is 2. The summed E-state index contributed by atoms with van der Waals surface area (Å²) in [5, 5.41) is 10.3. The zero-order valence-corrected chi connectivity index (χ0v) is 11.9. The number of hydrogen-bond donors (Lipinski definition) is 3. The molecule has 4 N–H and O–H groups in total. The van der Waals surface area contributed by atoms with Gasteiger partial charge in [0, 0.05) is 18.0 Å². The van der Waals surface area contributed by atoms with Crippen LogP contribution in [0, 0.1) is 0 Å². The summed E-state index contributed by atoms with van der Waals surface area (Å²) in [6, 6.07) is 0.467. The van der Waals surface area contributed by atoms with Crippen LogP contribution in [0.25, 0.3) is 0 Å². The molecular weight excluding hydrogens is 252 g/mol. The minimum atomic E-state index is 0.0124. The molecule has 0 aliphatic heterocycles. The first-order valence-electron chi connectivity index (χ1n) is 7.83. The number of amides is 1. The van der Waals surface area contributed by atoms with Crippen LogP contribution in [-0.4, -0.2) is 28.2 Å². The van der Waals surface area contributed by atoms with E-state index in [-0.39, 0.29) is 18.0 Å². The van der Waals surface area contributed by atoms with Gasteiger partial charge in [-0.2, -0.15) is 5.10 Å². The van der Waals surface area contributed by atoms with Crippen LogP contribution in [-0.2, 0) is 0 Å². The molecule has 0 saturated heterocycles. The van der Waals surface area contributed by atoms with Crippen LogP contribution >= 0.6 is 0 Å². The first kappa shape index (κ1) is 13.6. The second-order valence-electron chi connectivity index (χ2n) is 6.28. The molecule has 110 valence electrons. The summed E-state index contributed by atoms with van der Waals surface area (Å²) in [5.74, 6) is 0.483. The van der Waals surface area contributed by atoms with E-state index in [4.69, 9.17) is 5.73 Å². The van der Waals surface area contributed by atoms with Crippen molar-refractivity contribution in [3.63, 3.8) is 0 Å². The topological polar surface area (TPSA) is 83.8 Å². The largest absolute Gasteiger partial charge is 0.349 e. The van der Waals surface area contributed by atoms with E-state index < -0.39 is 0 Å². The molecule has 1 heterocycles. The van der Waals surface area contributed by atoms with E-state index in [1.165, 1.54) is 19.3 Å². The third-order valence-electron chi connectivity index (χ3n) is 4.74. The van der Waals surface area contributed by atoms with Crippen molar-refractivity contribution in [3.05, 3.63) is 17.5 Å². The average molecular weight is 276 g/mol. The van der Waals surface area contributed by atoms with Crippen LogP contribution in [0.5, 0.6) is 0 Å². The zero-order chi connectivity index (χ0) is 13.9. The molecule has 0 unspecified atom stereocenters. The molecule has 2 saturated carbocycles. The Labute approximate surface area is 119 Å². The maximum Gasteiger partial charge on any atom is 0.254 e. The molecule has 2 fully saturated rings. The SMILES string of the molecule is N[C@@H]1CC[C@H](NC(=O)c2cn[nH]c2C2CCCCC2)C1. The molecule has 0 spiro atoms. The Hall–Kier alpha value is -1.36. The molecule has 0 radical (unpaired) electrons. The van der Waals surface area contributed by atoms with Gasteiger partial charge in [0.2, 0.25) is 0 Å². The number of H-pyrrole nitrogens is 1. The Morgan fingerprint density at radius 3 is 2.75 bits per heavy atom. The fourth-order valence-electron chi connectivity index (χ4n) is 3.59.